The van der Waals surface area contributed by atoms with Crippen molar-refractivity contribution in [3.63, 3.8) is 0 Å². The van der Waals surface area contributed by atoms with Crippen molar-refractivity contribution in [2.45, 2.75) is 37.7 Å². The zero-order valence-corrected chi connectivity index (χ0v) is 19.3. The van der Waals surface area contributed by atoms with Crippen molar-refractivity contribution in [1.29, 1.82) is 0 Å². The molecule has 1 aliphatic heterocycles. The Kier molecular flexibility index (Phi) is 7.50. The van der Waals surface area contributed by atoms with Crippen LogP contribution >= 0.6 is 0 Å². The number of hydrogen-bond acceptors (Lipinski definition) is 6. The smallest absolute Gasteiger partial charge is 0.338 e. The van der Waals surface area contributed by atoms with Gasteiger partial charge in [-0.15, -0.1) is 0 Å². The van der Waals surface area contributed by atoms with Gasteiger partial charge in [-0.05, 0) is 74.2 Å². The number of carbonyl (C=O) groups is 3. The Hall–Kier alpha value is -3.24. The maximum Gasteiger partial charge on any atom is 0.338 e. The van der Waals surface area contributed by atoms with E-state index in [4.69, 9.17) is 10.5 Å². The second kappa shape index (κ2) is 10.1. The standard InChI is InChI=1S/C23H27N3O6S/c1-15-11-13-26(14-12-15)33(30,31)20-9-5-18(6-10-20)23(29)32-16(2)22(28)25-19-7-3-17(4-8-19)21(24)27/h3-10,15-16H,11-14H2,1-2H3,(H2,24,27)(H,25,28). The highest BCUT2D eigenvalue weighted by Gasteiger charge is 2.28. The molecule has 10 heteroatoms. The van der Waals surface area contributed by atoms with Crippen LogP contribution in [-0.2, 0) is 19.6 Å². The Labute approximate surface area is 193 Å². The summed E-state index contributed by atoms with van der Waals surface area (Å²) in [5, 5.41) is 2.58. The number of carbonyl (C=O) groups excluding carboxylic acids is 3. The highest BCUT2D eigenvalue weighted by atomic mass is 32.2. The molecule has 3 N–H and O–H groups in total. The average Bonchev–Trinajstić information content (AvgIpc) is 2.79. The van der Waals surface area contributed by atoms with Crippen LogP contribution in [0.2, 0.25) is 0 Å². The van der Waals surface area contributed by atoms with E-state index >= 15 is 0 Å². The molecule has 0 bridgehead atoms. The molecular formula is C23H27N3O6S. The molecule has 0 spiro atoms. The minimum Gasteiger partial charge on any atom is -0.449 e. The predicted molar refractivity (Wildman–Crippen MR) is 122 cm³/mol. The highest BCUT2D eigenvalue weighted by Crippen LogP contribution is 2.24. The second-order valence-corrected chi connectivity index (χ2v) is 10.0. The van der Waals surface area contributed by atoms with Crippen LogP contribution in [0.3, 0.4) is 0 Å². The third-order valence-electron chi connectivity index (χ3n) is 5.56. The molecule has 1 atom stereocenters. The first-order valence-electron chi connectivity index (χ1n) is 10.6. The lowest BCUT2D eigenvalue weighted by Crippen LogP contribution is -2.37. The van der Waals surface area contributed by atoms with Crippen LogP contribution in [0.5, 0.6) is 0 Å². The summed E-state index contributed by atoms with van der Waals surface area (Å²) in [5.74, 6) is -1.40. The Balaban J connectivity index is 1.59. The van der Waals surface area contributed by atoms with Crippen LogP contribution in [-0.4, -0.2) is 49.7 Å². The first-order valence-corrected chi connectivity index (χ1v) is 12.0. The fourth-order valence-electron chi connectivity index (χ4n) is 3.38. The van der Waals surface area contributed by atoms with E-state index in [9.17, 15) is 22.8 Å². The summed E-state index contributed by atoms with van der Waals surface area (Å²) < 4.78 is 32.3. The van der Waals surface area contributed by atoms with Crippen molar-refractivity contribution in [3.8, 4) is 0 Å². The molecule has 1 fully saturated rings. The van der Waals surface area contributed by atoms with Crippen LogP contribution in [0.1, 0.15) is 47.4 Å². The number of amides is 2. The summed E-state index contributed by atoms with van der Waals surface area (Å²) >= 11 is 0. The van der Waals surface area contributed by atoms with E-state index in [1.54, 1.807) is 0 Å². The molecular weight excluding hydrogens is 446 g/mol. The lowest BCUT2D eigenvalue weighted by atomic mass is 10.0. The van der Waals surface area contributed by atoms with E-state index in [-0.39, 0.29) is 10.5 Å². The molecule has 176 valence electrons. The van der Waals surface area contributed by atoms with E-state index in [1.165, 1.54) is 59.8 Å². The first-order chi connectivity index (χ1) is 15.6. The summed E-state index contributed by atoms with van der Waals surface area (Å²) in [6, 6.07) is 11.4. The van der Waals surface area contributed by atoms with Crippen LogP contribution in [0.25, 0.3) is 0 Å². The Morgan fingerprint density at radius 3 is 2.09 bits per heavy atom. The largest absolute Gasteiger partial charge is 0.449 e. The molecule has 2 aromatic rings. The van der Waals surface area contributed by atoms with Crippen LogP contribution in [0, 0.1) is 5.92 Å². The number of nitrogens with two attached hydrogens (primary N) is 1. The van der Waals surface area contributed by atoms with Gasteiger partial charge in [-0.2, -0.15) is 4.31 Å². The third-order valence-corrected chi connectivity index (χ3v) is 7.47. The van der Waals surface area contributed by atoms with Gasteiger partial charge in [0.15, 0.2) is 6.10 Å². The summed E-state index contributed by atoms with van der Waals surface area (Å²) in [5.41, 5.74) is 6.02. The number of anilines is 1. The average molecular weight is 474 g/mol. The van der Waals surface area contributed by atoms with Crippen LogP contribution in [0.4, 0.5) is 5.69 Å². The minimum atomic E-state index is -3.62. The van der Waals surface area contributed by atoms with Gasteiger partial charge < -0.3 is 15.8 Å². The summed E-state index contributed by atoms with van der Waals surface area (Å²) in [7, 11) is -3.62. The zero-order valence-electron chi connectivity index (χ0n) is 18.5. The third kappa shape index (κ3) is 5.96. The van der Waals surface area contributed by atoms with Gasteiger partial charge in [0.25, 0.3) is 5.91 Å². The molecule has 2 aromatic carbocycles. The van der Waals surface area contributed by atoms with Crippen LogP contribution < -0.4 is 11.1 Å². The summed E-state index contributed by atoms with van der Waals surface area (Å²) in [6.45, 7) is 4.47. The Bertz CT molecular complexity index is 1120. The van der Waals surface area contributed by atoms with Gasteiger partial charge in [-0.25, -0.2) is 13.2 Å². The number of sulfonamides is 1. The van der Waals surface area contributed by atoms with Gasteiger partial charge in [0.05, 0.1) is 10.5 Å². The van der Waals surface area contributed by atoms with Gasteiger partial charge in [0, 0.05) is 24.3 Å². The number of rotatable bonds is 7. The number of esters is 1. The van der Waals surface area contributed by atoms with Crippen molar-refractivity contribution in [2.75, 3.05) is 18.4 Å². The molecule has 1 saturated heterocycles. The Morgan fingerprint density at radius 1 is 1.00 bits per heavy atom. The number of ether oxygens (including phenoxy) is 1. The highest BCUT2D eigenvalue weighted by molar-refractivity contribution is 7.89. The fraction of sp³-hybridized carbons (Fsp3) is 0.348. The molecule has 33 heavy (non-hydrogen) atoms. The van der Waals surface area contributed by atoms with E-state index in [0.717, 1.165) is 12.8 Å². The molecule has 0 aliphatic carbocycles. The maximum absolute atomic E-state index is 12.8. The quantitative estimate of drug-likeness (QED) is 0.593. The first kappa shape index (κ1) is 24.4. The van der Waals surface area contributed by atoms with Gasteiger partial charge >= 0.3 is 5.97 Å². The number of hydrogen-bond donors (Lipinski definition) is 2. The molecule has 3 rings (SSSR count). The molecule has 2 amide bonds. The van der Waals surface area contributed by atoms with E-state index in [1.807, 2.05) is 0 Å². The molecule has 1 aliphatic rings. The fourth-order valence-corrected chi connectivity index (χ4v) is 4.85. The van der Waals surface area contributed by atoms with Crippen molar-refractivity contribution in [1.82, 2.24) is 4.31 Å². The Morgan fingerprint density at radius 2 is 1.55 bits per heavy atom. The number of nitrogens with zero attached hydrogens (tertiary/aromatic N) is 1. The van der Waals surface area contributed by atoms with Gasteiger partial charge in [-0.1, -0.05) is 6.92 Å². The predicted octanol–water partition coefficient (Wildman–Crippen LogP) is 2.39. The van der Waals surface area contributed by atoms with Crippen LogP contribution in [0.15, 0.2) is 53.4 Å². The molecule has 0 radical (unpaired) electrons. The monoisotopic (exact) mass is 473 g/mol. The minimum absolute atomic E-state index is 0.110. The molecule has 1 heterocycles. The maximum atomic E-state index is 12.8. The zero-order chi connectivity index (χ0) is 24.2. The summed E-state index contributed by atoms with van der Waals surface area (Å²) in [6.07, 6.45) is 0.532. The lowest BCUT2D eigenvalue weighted by molar-refractivity contribution is -0.123. The summed E-state index contributed by atoms with van der Waals surface area (Å²) in [4.78, 5) is 36.0. The number of piperidine rings is 1. The number of nitrogens with one attached hydrogen (secondary N) is 1. The van der Waals surface area contributed by atoms with Crippen molar-refractivity contribution in [3.05, 3.63) is 59.7 Å². The van der Waals surface area contributed by atoms with E-state index in [0.29, 0.717) is 30.3 Å². The van der Waals surface area contributed by atoms with E-state index in [2.05, 4.69) is 12.2 Å². The second-order valence-electron chi connectivity index (χ2n) is 8.09. The van der Waals surface area contributed by atoms with Crippen molar-refractivity contribution < 1.29 is 27.5 Å². The topological polar surface area (TPSA) is 136 Å². The van der Waals surface area contributed by atoms with Gasteiger partial charge in [0.2, 0.25) is 15.9 Å². The SMILES string of the molecule is CC1CCN(S(=O)(=O)c2ccc(C(=O)OC(C)C(=O)Nc3ccc(C(N)=O)cc3)cc2)CC1. The molecule has 0 saturated carbocycles. The van der Waals surface area contributed by atoms with Gasteiger partial charge in [-0.3, -0.25) is 9.59 Å². The molecule has 9 nitrogen and oxygen atoms in total. The number of benzene rings is 2. The van der Waals surface area contributed by atoms with E-state index < -0.39 is 33.9 Å². The van der Waals surface area contributed by atoms with Gasteiger partial charge in [0.1, 0.15) is 0 Å². The normalized spacial score (nSPS) is 16.1. The molecule has 1 unspecified atom stereocenters. The van der Waals surface area contributed by atoms with Crippen molar-refractivity contribution in [2.24, 2.45) is 11.7 Å². The van der Waals surface area contributed by atoms with Crippen molar-refractivity contribution >= 4 is 33.5 Å². The lowest BCUT2D eigenvalue weighted by Gasteiger charge is -2.29. The molecule has 0 aromatic heterocycles. The number of primary amides is 1.